The molecule has 2 atom stereocenters. The molecule has 1 aromatic carbocycles. The number of nitrogens with two attached hydrogens (primary N) is 1. The number of hydrogen-bond donors (Lipinski definition) is 3. The summed E-state index contributed by atoms with van der Waals surface area (Å²) in [6.45, 7) is 2.72. The molecule has 2 fully saturated rings. The van der Waals surface area contributed by atoms with Gasteiger partial charge in [0.25, 0.3) is 11.8 Å². The largest absolute Gasteiger partial charge is 0.483 e. The van der Waals surface area contributed by atoms with Crippen molar-refractivity contribution in [1.29, 1.82) is 0 Å². The lowest BCUT2D eigenvalue weighted by Gasteiger charge is -2.35. The number of hydrogen-bond acceptors (Lipinski definition) is 9. The lowest BCUT2D eigenvalue weighted by molar-refractivity contribution is -0.139. The summed E-state index contributed by atoms with van der Waals surface area (Å²) in [5.74, 6) is -3.19. The van der Waals surface area contributed by atoms with Crippen LogP contribution in [0.1, 0.15) is 43.1 Å². The van der Waals surface area contributed by atoms with Gasteiger partial charge in [0.05, 0.1) is 12.1 Å². The van der Waals surface area contributed by atoms with Crippen LogP contribution in [0.3, 0.4) is 0 Å². The molecule has 15 heteroatoms. The highest BCUT2D eigenvalue weighted by Crippen LogP contribution is 2.26. The molecule has 2 aliphatic heterocycles. The number of fused-ring (bicyclic) bond motifs is 1. The Morgan fingerprint density at radius 3 is 2.45 bits per heavy atom. The number of likely N-dealkylation sites (tertiary alicyclic amines) is 1. The first-order valence-electron chi connectivity index (χ1n) is 14.4. The van der Waals surface area contributed by atoms with Gasteiger partial charge < -0.3 is 40.3 Å². The molecular weight excluding hydrogens is 576 g/mol. The molecule has 4 N–H and O–H groups in total. The third-order valence-corrected chi connectivity index (χ3v) is 7.53. The first-order chi connectivity index (χ1) is 21.1. The third kappa shape index (κ3) is 7.71. The zero-order chi connectivity index (χ0) is 31.8. The third-order valence-electron chi connectivity index (χ3n) is 7.53. The van der Waals surface area contributed by atoms with Crippen molar-refractivity contribution in [2.24, 2.45) is 5.73 Å². The minimum absolute atomic E-state index is 0.109. The van der Waals surface area contributed by atoms with Gasteiger partial charge in [-0.2, -0.15) is 0 Å². The summed E-state index contributed by atoms with van der Waals surface area (Å²) in [7, 11) is 0. The van der Waals surface area contributed by atoms with E-state index in [1.165, 1.54) is 20.8 Å². The molecule has 3 heterocycles. The van der Waals surface area contributed by atoms with Crippen LogP contribution in [0.4, 0.5) is 4.79 Å². The van der Waals surface area contributed by atoms with Crippen LogP contribution >= 0.6 is 0 Å². The molecule has 2 saturated heterocycles. The summed E-state index contributed by atoms with van der Waals surface area (Å²) < 4.78 is 10.8. The minimum Gasteiger partial charge on any atom is -0.483 e. The van der Waals surface area contributed by atoms with Crippen LogP contribution < -0.4 is 15.8 Å². The summed E-state index contributed by atoms with van der Waals surface area (Å²) in [5, 5.41) is 12.4. The molecule has 0 bridgehead atoms. The molecule has 44 heavy (non-hydrogen) atoms. The van der Waals surface area contributed by atoms with Gasteiger partial charge >= 0.3 is 12.1 Å². The molecule has 15 nitrogen and oxygen atoms in total. The second-order valence-electron chi connectivity index (χ2n) is 10.4. The number of aliphatic carboxylic acids is 1. The molecule has 0 radical (unpaired) electrons. The number of carbonyl (C=O) groups excluding carboxylic acids is 5. The number of nitrogens with one attached hydrogen (secondary N) is 1. The van der Waals surface area contributed by atoms with Crippen molar-refractivity contribution in [3.8, 4) is 5.75 Å². The van der Waals surface area contributed by atoms with Gasteiger partial charge in [-0.05, 0) is 38.3 Å². The minimum atomic E-state index is -1.17. The number of piperazine rings is 1. The van der Waals surface area contributed by atoms with Crippen molar-refractivity contribution in [3.05, 3.63) is 36.0 Å². The van der Waals surface area contributed by atoms with E-state index in [0.29, 0.717) is 30.3 Å². The topological polar surface area (TPSA) is 202 Å². The maximum absolute atomic E-state index is 13.4. The summed E-state index contributed by atoms with van der Waals surface area (Å²) in [5.41, 5.74) is 5.71. The molecule has 1 aromatic heterocycles. The van der Waals surface area contributed by atoms with Crippen molar-refractivity contribution in [3.63, 3.8) is 0 Å². The van der Waals surface area contributed by atoms with Gasteiger partial charge in [-0.3, -0.25) is 24.0 Å². The number of primary amides is 1. The average molecular weight is 613 g/mol. The van der Waals surface area contributed by atoms with Crippen LogP contribution in [0.2, 0.25) is 0 Å². The van der Waals surface area contributed by atoms with E-state index in [9.17, 15) is 33.9 Å². The van der Waals surface area contributed by atoms with Crippen LogP contribution in [0.5, 0.6) is 5.75 Å². The van der Waals surface area contributed by atoms with E-state index in [-0.39, 0.29) is 57.1 Å². The Kier molecular flexibility index (Phi) is 10.5. The van der Waals surface area contributed by atoms with E-state index < -0.39 is 54.4 Å². The van der Waals surface area contributed by atoms with Crippen LogP contribution in [-0.2, 0) is 23.9 Å². The Balaban J connectivity index is 1.49. The molecule has 2 aromatic rings. The molecule has 5 amide bonds. The van der Waals surface area contributed by atoms with Gasteiger partial charge in [-0.1, -0.05) is 12.1 Å². The van der Waals surface area contributed by atoms with E-state index in [1.54, 1.807) is 31.2 Å². The van der Waals surface area contributed by atoms with E-state index in [0.717, 1.165) is 0 Å². The lowest BCUT2D eigenvalue weighted by atomic mass is 10.1. The maximum Gasteiger partial charge on any atom is 0.409 e. The summed E-state index contributed by atoms with van der Waals surface area (Å²) in [6, 6.07) is 6.29. The Bertz CT molecular complexity index is 1430. The Labute approximate surface area is 253 Å². The van der Waals surface area contributed by atoms with Gasteiger partial charge in [-0.25, -0.2) is 9.78 Å². The zero-order valence-corrected chi connectivity index (χ0v) is 24.4. The number of benzene rings is 1. The number of nitrogens with zero attached hydrogens (tertiary/aromatic N) is 4. The van der Waals surface area contributed by atoms with Crippen LogP contribution in [0.15, 0.2) is 30.3 Å². The average Bonchev–Trinajstić information content (AvgIpc) is 3.52. The number of carbonyl (C=O) groups is 6. The number of amides is 5. The van der Waals surface area contributed by atoms with Crippen molar-refractivity contribution in [2.75, 3.05) is 45.9 Å². The van der Waals surface area contributed by atoms with E-state index >= 15 is 0 Å². The molecule has 236 valence electrons. The number of carboxylic acid groups (broad SMARTS) is 1. The molecule has 0 saturated carbocycles. The predicted octanol–water partition coefficient (Wildman–Crippen LogP) is 0.354. The Morgan fingerprint density at radius 2 is 1.77 bits per heavy atom. The lowest BCUT2D eigenvalue weighted by Crippen LogP contribution is -2.56. The van der Waals surface area contributed by atoms with Gasteiger partial charge in [0.1, 0.15) is 23.5 Å². The highest BCUT2D eigenvalue weighted by atomic mass is 16.6. The number of pyridine rings is 1. The van der Waals surface area contributed by atoms with Crippen LogP contribution in [0, 0.1) is 0 Å². The number of rotatable bonds is 11. The van der Waals surface area contributed by atoms with Gasteiger partial charge in [0.2, 0.25) is 11.8 Å². The Morgan fingerprint density at radius 1 is 1.07 bits per heavy atom. The number of aromatic nitrogens is 1. The second-order valence-corrected chi connectivity index (χ2v) is 10.4. The molecule has 0 aliphatic carbocycles. The summed E-state index contributed by atoms with van der Waals surface area (Å²) >= 11 is 0. The zero-order valence-electron chi connectivity index (χ0n) is 24.4. The SMILES string of the molecule is CCOC(=O)N1CCN(C(=O)[C@H](CCC(=O)O)NC(=O)c2cc(OCC(=O)N3CCC[C@H]3C(N)=O)c3ccccc3n2)CC1. The van der Waals surface area contributed by atoms with Crippen LogP contribution in [-0.4, -0.2) is 119 Å². The van der Waals surface area contributed by atoms with Crippen molar-refractivity contribution in [2.45, 2.75) is 44.7 Å². The molecule has 2 aliphatic rings. The van der Waals surface area contributed by atoms with Gasteiger partial charge in [0, 0.05) is 50.6 Å². The molecule has 0 unspecified atom stereocenters. The van der Waals surface area contributed by atoms with Crippen molar-refractivity contribution in [1.82, 2.24) is 25.0 Å². The van der Waals surface area contributed by atoms with Crippen molar-refractivity contribution < 1.29 is 43.3 Å². The highest BCUT2D eigenvalue weighted by Gasteiger charge is 2.33. The quantitative estimate of drug-likeness (QED) is 0.318. The molecule has 0 spiro atoms. The summed E-state index contributed by atoms with van der Waals surface area (Å²) in [4.78, 5) is 83.5. The molecular formula is C29H36N6O9. The number of ether oxygens (including phenoxy) is 2. The summed E-state index contributed by atoms with van der Waals surface area (Å²) in [6.07, 6.45) is 0.104. The smallest absolute Gasteiger partial charge is 0.409 e. The highest BCUT2D eigenvalue weighted by molar-refractivity contribution is 5.99. The Hall–Kier alpha value is -4.95. The first kappa shape index (κ1) is 32.0. The van der Waals surface area contributed by atoms with E-state index in [2.05, 4.69) is 10.3 Å². The van der Waals surface area contributed by atoms with Gasteiger partial charge in [-0.15, -0.1) is 0 Å². The molecule has 4 rings (SSSR count). The normalized spacial score (nSPS) is 17.2. The standard InChI is InChI=1S/C29H36N6O9/c1-2-43-29(42)34-14-12-33(13-15-34)28(41)20(9-10-25(37)38)32-27(40)21-16-23(18-6-3-4-7-19(18)31-21)44-17-24(36)35-11-5-8-22(35)26(30)39/h3-4,6-7,16,20,22H,2,5,8-15,17H2,1H3,(H2,30,39)(H,32,40)(H,37,38)/t20-,22-/m0/s1. The van der Waals surface area contributed by atoms with E-state index in [4.69, 9.17) is 15.2 Å². The van der Waals surface area contributed by atoms with Gasteiger partial charge in [0.15, 0.2) is 6.61 Å². The fraction of sp³-hybridized carbons (Fsp3) is 0.483. The first-order valence-corrected chi connectivity index (χ1v) is 14.4. The second kappa shape index (κ2) is 14.5. The monoisotopic (exact) mass is 612 g/mol. The van der Waals surface area contributed by atoms with Crippen LogP contribution in [0.25, 0.3) is 10.9 Å². The fourth-order valence-corrected chi connectivity index (χ4v) is 5.26. The number of para-hydroxylation sites is 1. The van der Waals surface area contributed by atoms with E-state index in [1.807, 2.05) is 0 Å². The fourth-order valence-electron chi connectivity index (χ4n) is 5.26. The maximum atomic E-state index is 13.4. The predicted molar refractivity (Wildman–Crippen MR) is 154 cm³/mol. The number of carboxylic acids is 1. The van der Waals surface area contributed by atoms with Crippen molar-refractivity contribution >= 4 is 46.6 Å².